The molecule has 4 rings (SSSR count). The summed E-state index contributed by atoms with van der Waals surface area (Å²) >= 11 is 0. The van der Waals surface area contributed by atoms with E-state index in [1.54, 1.807) is 49.4 Å². The first-order valence-corrected chi connectivity index (χ1v) is 15.0. The Bertz CT molecular complexity index is 1680. The molecule has 4 aromatic rings. The van der Waals surface area contributed by atoms with Gasteiger partial charge in [-0.3, -0.25) is 9.10 Å². The second kappa shape index (κ2) is 12.1. The van der Waals surface area contributed by atoms with Crippen molar-refractivity contribution in [3.63, 3.8) is 0 Å². The minimum atomic E-state index is -4.16. The first-order valence-electron chi connectivity index (χ1n) is 12.1. The summed E-state index contributed by atoms with van der Waals surface area (Å²) in [6.07, 6.45) is 2.80. The minimum absolute atomic E-state index is 0.0154. The summed E-state index contributed by atoms with van der Waals surface area (Å²) in [7, 11) is -8.13. The highest BCUT2D eigenvalue weighted by atomic mass is 32.2. The van der Waals surface area contributed by atoms with Crippen LogP contribution in [0.3, 0.4) is 0 Å². The molecule has 11 nitrogen and oxygen atoms in total. The maximum Gasteiger partial charge on any atom is 0.264 e. The van der Waals surface area contributed by atoms with Crippen molar-refractivity contribution in [2.24, 2.45) is 0 Å². The third kappa shape index (κ3) is 6.74. The molecule has 0 fully saturated rings. The van der Waals surface area contributed by atoms with Gasteiger partial charge in [0.2, 0.25) is 11.9 Å². The van der Waals surface area contributed by atoms with Crippen molar-refractivity contribution in [3.05, 3.63) is 96.8 Å². The predicted molar refractivity (Wildman–Crippen MR) is 151 cm³/mol. The van der Waals surface area contributed by atoms with E-state index in [0.717, 1.165) is 9.87 Å². The molecule has 1 heterocycles. The van der Waals surface area contributed by atoms with Crippen LogP contribution in [0.25, 0.3) is 0 Å². The smallest absolute Gasteiger partial charge is 0.264 e. The molecule has 0 atom stereocenters. The van der Waals surface area contributed by atoms with Gasteiger partial charge in [0.1, 0.15) is 12.3 Å². The molecule has 0 radical (unpaired) electrons. The number of nitrogens with one attached hydrogen (secondary N) is 2. The summed E-state index contributed by atoms with van der Waals surface area (Å²) in [4.78, 5) is 20.7. The maximum absolute atomic E-state index is 13.7. The Morgan fingerprint density at radius 3 is 2.12 bits per heavy atom. The van der Waals surface area contributed by atoms with Gasteiger partial charge < -0.3 is 10.1 Å². The fourth-order valence-corrected chi connectivity index (χ4v) is 6.05. The zero-order valence-corrected chi connectivity index (χ0v) is 23.3. The summed E-state index contributed by atoms with van der Waals surface area (Å²) < 4.78 is 61.6. The predicted octanol–water partition coefficient (Wildman–Crippen LogP) is 3.82. The SMILES string of the molecule is CCOc1ccccc1N(CC(=O)Nc1ccc(S(=O)(=O)Nc2ncccn2)cc1)S(=O)(=O)c1ccc(C)cc1. The van der Waals surface area contributed by atoms with Gasteiger partial charge in [0.15, 0.2) is 0 Å². The first kappa shape index (κ1) is 28.5. The number of anilines is 3. The van der Waals surface area contributed by atoms with E-state index in [-0.39, 0.29) is 27.1 Å². The van der Waals surface area contributed by atoms with Crippen molar-refractivity contribution in [3.8, 4) is 5.75 Å². The summed E-state index contributed by atoms with van der Waals surface area (Å²) in [6.45, 7) is 3.35. The van der Waals surface area contributed by atoms with Crippen molar-refractivity contribution >= 4 is 43.3 Å². The fraction of sp³-hybridized carbons (Fsp3) is 0.148. The van der Waals surface area contributed by atoms with Crippen LogP contribution in [0, 0.1) is 6.92 Å². The lowest BCUT2D eigenvalue weighted by atomic mass is 10.2. The number of sulfonamides is 2. The lowest BCUT2D eigenvalue weighted by Gasteiger charge is -2.26. The molecule has 0 aliphatic heterocycles. The van der Waals surface area contributed by atoms with Gasteiger partial charge in [-0.1, -0.05) is 29.8 Å². The van der Waals surface area contributed by atoms with Gasteiger partial charge in [0, 0.05) is 18.1 Å². The van der Waals surface area contributed by atoms with Gasteiger partial charge in [0.25, 0.3) is 20.0 Å². The topological polar surface area (TPSA) is 148 Å². The highest BCUT2D eigenvalue weighted by Gasteiger charge is 2.29. The Morgan fingerprint density at radius 2 is 1.48 bits per heavy atom. The van der Waals surface area contributed by atoms with E-state index in [9.17, 15) is 21.6 Å². The number of aromatic nitrogens is 2. The number of ether oxygens (including phenoxy) is 1. The van der Waals surface area contributed by atoms with E-state index in [1.165, 1.54) is 48.8 Å². The Morgan fingerprint density at radius 1 is 0.850 bits per heavy atom. The molecular formula is C27H27N5O6S2. The Kier molecular flexibility index (Phi) is 8.65. The molecule has 0 bridgehead atoms. The summed E-state index contributed by atoms with van der Waals surface area (Å²) in [5.41, 5.74) is 1.36. The van der Waals surface area contributed by atoms with Crippen LogP contribution in [-0.2, 0) is 24.8 Å². The fourth-order valence-electron chi connectivity index (χ4n) is 3.66. The Balaban J connectivity index is 1.57. The molecule has 0 saturated carbocycles. The number of para-hydroxylation sites is 2. The number of aryl methyl sites for hydroxylation is 1. The number of nitrogens with zero attached hydrogens (tertiary/aromatic N) is 3. The average molecular weight is 582 g/mol. The van der Waals surface area contributed by atoms with Crippen LogP contribution in [-0.4, -0.2) is 45.9 Å². The van der Waals surface area contributed by atoms with Crippen LogP contribution in [0.15, 0.2) is 101 Å². The maximum atomic E-state index is 13.7. The Labute approximate surface area is 233 Å². The number of benzene rings is 3. The molecule has 1 aromatic heterocycles. The van der Waals surface area contributed by atoms with E-state index < -0.39 is 32.5 Å². The number of amides is 1. The van der Waals surface area contributed by atoms with Gasteiger partial charge in [-0.2, -0.15) is 0 Å². The zero-order chi connectivity index (χ0) is 28.8. The monoisotopic (exact) mass is 581 g/mol. The lowest BCUT2D eigenvalue weighted by Crippen LogP contribution is -2.38. The molecule has 0 aliphatic carbocycles. The highest BCUT2D eigenvalue weighted by molar-refractivity contribution is 7.93. The second-order valence-corrected chi connectivity index (χ2v) is 12.0. The molecular weight excluding hydrogens is 554 g/mol. The van der Waals surface area contributed by atoms with Gasteiger partial charge >= 0.3 is 0 Å². The zero-order valence-electron chi connectivity index (χ0n) is 21.7. The van der Waals surface area contributed by atoms with E-state index >= 15 is 0 Å². The Hall–Kier alpha value is -4.49. The standard InChI is InChI=1S/C27H27N5O6S2/c1-3-38-25-8-5-4-7-24(25)32(40(36,37)23-13-9-20(2)10-14-23)19-26(33)30-21-11-15-22(16-12-21)39(34,35)31-27-28-17-6-18-29-27/h4-18H,3,19H2,1-2H3,(H,30,33)(H,28,29,31). The van der Waals surface area contributed by atoms with E-state index in [2.05, 4.69) is 20.0 Å². The van der Waals surface area contributed by atoms with Crippen molar-refractivity contribution < 1.29 is 26.4 Å². The molecule has 2 N–H and O–H groups in total. The number of carbonyl (C=O) groups is 1. The quantitative estimate of drug-likeness (QED) is 0.272. The lowest BCUT2D eigenvalue weighted by molar-refractivity contribution is -0.114. The molecule has 0 aliphatic rings. The van der Waals surface area contributed by atoms with Gasteiger partial charge in [-0.05, 0) is 68.4 Å². The summed E-state index contributed by atoms with van der Waals surface area (Å²) in [5, 5.41) is 2.63. The van der Waals surface area contributed by atoms with Gasteiger partial charge in [0.05, 0.1) is 22.1 Å². The van der Waals surface area contributed by atoms with Gasteiger partial charge in [-0.15, -0.1) is 0 Å². The molecule has 3 aromatic carbocycles. The number of hydrogen-bond donors (Lipinski definition) is 2. The third-order valence-electron chi connectivity index (χ3n) is 5.57. The van der Waals surface area contributed by atoms with Crippen molar-refractivity contribution in [2.75, 3.05) is 27.5 Å². The summed E-state index contributed by atoms with van der Waals surface area (Å²) in [6, 6.07) is 19.8. The molecule has 1 amide bonds. The van der Waals surface area contributed by atoms with Crippen LogP contribution in [0.2, 0.25) is 0 Å². The molecule has 0 spiro atoms. The van der Waals surface area contributed by atoms with Crippen molar-refractivity contribution in [1.29, 1.82) is 0 Å². The van der Waals surface area contributed by atoms with E-state index in [0.29, 0.717) is 12.4 Å². The van der Waals surface area contributed by atoms with Gasteiger partial charge in [-0.25, -0.2) is 31.5 Å². The van der Waals surface area contributed by atoms with Crippen molar-refractivity contribution in [1.82, 2.24) is 9.97 Å². The number of carbonyl (C=O) groups excluding carboxylic acids is 1. The molecule has 40 heavy (non-hydrogen) atoms. The normalized spacial score (nSPS) is 11.4. The van der Waals surface area contributed by atoms with Crippen LogP contribution >= 0.6 is 0 Å². The van der Waals surface area contributed by atoms with Crippen LogP contribution in [0.1, 0.15) is 12.5 Å². The third-order valence-corrected chi connectivity index (χ3v) is 8.69. The van der Waals surface area contributed by atoms with Crippen LogP contribution < -0.4 is 19.1 Å². The van der Waals surface area contributed by atoms with E-state index in [4.69, 9.17) is 4.74 Å². The number of rotatable bonds is 11. The van der Waals surface area contributed by atoms with Crippen LogP contribution in [0.4, 0.5) is 17.3 Å². The summed E-state index contributed by atoms with van der Waals surface area (Å²) in [5.74, 6) is -0.423. The molecule has 208 valence electrons. The first-order chi connectivity index (χ1) is 19.1. The van der Waals surface area contributed by atoms with Crippen molar-refractivity contribution in [2.45, 2.75) is 23.6 Å². The van der Waals surface area contributed by atoms with Crippen LogP contribution in [0.5, 0.6) is 5.75 Å². The largest absolute Gasteiger partial charge is 0.492 e. The molecule has 0 unspecified atom stereocenters. The second-order valence-electron chi connectivity index (χ2n) is 8.48. The molecule has 0 saturated heterocycles. The number of hydrogen-bond acceptors (Lipinski definition) is 8. The molecule has 13 heteroatoms. The van der Waals surface area contributed by atoms with E-state index in [1.807, 2.05) is 6.92 Å². The highest BCUT2D eigenvalue weighted by Crippen LogP contribution is 2.32. The average Bonchev–Trinajstić information content (AvgIpc) is 2.93. The minimum Gasteiger partial charge on any atom is -0.492 e.